The molecule has 4 nitrogen and oxygen atoms in total. The lowest BCUT2D eigenvalue weighted by atomic mass is 10.0. The first-order chi connectivity index (χ1) is 17.0. The van der Waals surface area contributed by atoms with E-state index in [1.54, 1.807) is 0 Å². The number of carbonyl (C=O) groups is 2. The van der Waals surface area contributed by atoms with Gasteiger partial charge < -0.3 is 5.73 Å². The van der Waals surface area contributed by atoms with Crippen molar-refractivity contribution in [2.45, 2.75) is 149 Å². The van der Waals surface area contributed by atoms with Crippen molar-refractivity contribution < 1.29 is 9.59 Å². The summed E-state index contributed by atoms with van der Waals surface area (Å²) in [6, 6.07) is 5.60. The quantitative estimate of drug-likeness (QED) is 0.139. The molecule has 1 aromatic rings. The first kappa shape index (κ1) is 31.2. The third-order valence-electron chi connectivity index (χ3n) is 6.91. The van der Waals surface area contributed by atoms with Crippen molar-refractivity contribution in [3.63, 3.8) is 0 Å². The van der Waals surface area contributed by atoms with E-state index >= 15 is 0 Å². The van der Waals surface area contributed by atoms with Crippen LogP contribution in [0.5, 0.6) is 0 Å². The predicted molar refractivity (Wildman–Crippen MR) is 152 cm³/mol. The van der Waals surface area contributed by atoms with Crippen LogP contribution in [-0.4, -0.2) is 11.8 Å². The van der Waals surface area contributed by atoms with Crippen molar-refractivity contribution in [3.05, 3.63) is 23.8 Å². The SMILES string of the molecule is CCCCCCCCCCCC(=O)N(C(=O)CCCCCCCCCCC)c1ccc(C)cc1N. The molecule has 0 atom stereocenters. The maximum atomic E-state index is 13.1. The molecule has 0 radical (unpaired) electrons. The number of anilines is 2. The van der Waals surface area contributed by atoms with Crippen LogP contribution in [0.4, 0.5) is 11.4 Å². The molecular formula is C31H54N2O2. The molecule has 2 amide bonds. The van der Waals surface area contributed by atoms with E-state index in [0.29, 0.717) is 24.2 Å². The number of rotatable bonds is 21. The zero-order chi connectivity index (χ0) is 25.7. The van der Waals surface area contributed by atoms with Gasteiger partial charge in [0.15, 0.2) is 0 Å². The molecule has 0 aliphatic carbocycles. The summed E-state index contributed by atoms with van der Waals surface area (Å²) in [5, 5.41) is 0. The van der Waals surface area contributed by atoms with E-state index in [9.17, 15) is 9.59 Å². The molecule has 1 rings (SSSR count). The fourth-order valence-corrected chi connectivity index (χ4v) is 4.68. The smallest absolute Gasteiger partial charge is 0.233 e. The molecule has 0 saturated carbocycles. The summed E-state index contributed by atoms with van der Waals surface area (Å²) in [4.78, 5) is 27.7. The van der Waals surface area contributed by atoms with Crippen LogP contribution < -0.4 is 10.6 Å². The monoisotopic (exact) mass is 486 g/mol. The second kappa shape index (κ2) is 20.4. The molecular weight excluding hydrogens is 432 g/mol. The van der Waals surface area contributed by atoms with Crippen molar-refractivity contribution in [1.29, 1.82) is 0 Å². The summed E-state index contributed by atoms with van der Waals surface area (Å²) in [5.74, 6) is -0.214. The fourth-order valence-electron chi connectivity index (χ4n) is 4.68. The number of nitrogens with two attached hydrogens (primary N) is 1. The third-order valence-corrected chi connectivity index (χ3v) is 6.91. The number of hydrogen-bond acceptors (Lipinski definition) is 3. The maximum absolute atomic E-state index is 13.1. The molecule has 0 spiro atoms. The van der Waals surface area contributed by atoms with E-state index in [1.807, 2.05) is 25.1 Å². The number of hydrogen-bond donors (Lipinski definition) is 1. The minimum atomic E-state index is -0.107. The zero-order valence-corrected chi connectivity index (χ0v) is 23.2. The average Bonchev–Trinajstić information content (AvgIpc) is 2.83. The van der Waals surface area contributed by atoms with Crippen molar-refractivity contribution >= 4 is 23.2 Å². The molecule has 200 valence electrons. The number of aryl methyl sites for hydroxylation is 1. The van der Waals surface area contributed by atoms with Crippen molar-refractivity contribution in [1.82, 2.24) is 0 Å². The van der Waals surface area contributed by atoms with Gasteiger partial charge in [-0.2, -0.15) is 0 Å². The van der Waals surface area contributed by atoms with Gasteiger partial charge in [0.1, 0.15) is 0 Å². The van der Waals surface area contributed by atoms with Crippen molar-refractivity contribution in [3.8, 4) is 0 Å². The van der Waals surface area contributed by atoms with Crippen molar-refractivity contribution in [2.24, 2.45) is 0 Å². The Kier molecular flexibility index (Phi) is 18.1. The summed E-state index contributed by atoms with van der Waals surface area (Å²) >= 11 is 0. The van der Waals surface area contributed by atoms with E-state index in [2.05, 4.69) is 13.8 Å². The van der Waals surface area contributed by atoms with Gasteiger partial charge in [-0.1, -0.05) is 123 Å². The van der Waals surface area contributed by atoms with Gasteiger partial charge in [0, 0.05) is 12.8 Å². The van der Waals surface area contributed by atoms with E-state index in [-0.39, 0.29) is 11.8 Å². The Morgan fingerprint density at radius 1 is 0.629 bits per heavy atom. The molecule has 0 fully saturated rings. The Labute approximate surface area is 216 Å². The minimum absolute atomic E-state index is 0.107. The zero-order valence-electron chi connectivity index (χ0n) is 23.2. The van der Waals surface area contributed by atoms with E-state index in [1.165, 1.54) is 94.8 Å². The summed E-state index contributed by atoms with van der Waals surface area (Å²) in [6.45, 7) is 6.45. The van der Waals surface area contributed by atoms with Gasteiger partial charge in [-0.15, -0.1) is 0 Å². The van der Waals surface area contributed by atoms with Gasteiger partial charge in [0.25, 0.3) is 0 Å². The largest absolute Gasteiger partial charge is 0.397 e. The number of amides is 2. The summed E-state index contributed by atoms with van der Waals surface area (Å²) in [5.41, 5.74) is 8.33. The van der Waals surface area contributed by atoms with E-state index in [0.717, 1.165) is 31.2 Å². The molecule has 0 unspecified atom stereocenters. The molecule has 2 N–H and O–H groups in total. The average molecular weight is 487 g/mol. The molecule has 0 saturated heterocycles. The lowest BCUT2D eigenvalue weighted by Crippen LogP contribution is -2.37. The number of nitrogens with zero attached hydrogens (tertiary/aromatic N) is 1. The molecule has 0 aromatic heterocycles. The lowest BCUT2D eigenvalue weighted by Gasteiger charge is -2.23. The van der Waals surface area contributed by atoms with Crippen LogP contribution >= 0.6 is 0 Å². The predicted octanol–water partition coefficient (Wildman–Crippen LogP) is 9.28. The number of nitrogen functional groups attached to an aromatic ring is 1. The maximum Gasteiger partial charge on any atom is 0.233 e. The topological polar surface area (TPSA) is 63.4 Å². The van der Waals surface area contributed by atoms with Crippen LogP contribution in [0.1, 0.15) is 148 Å². The lowest BCUT2D eigenvalue weighted by molar-refractivity contribution is -0.126. The molecule has 0 bridgehead atoms. The Morgan fingerprint density at radius 2 is 1.00 bits per heavy atom. The summed E-state index contributed by atoms with van der Waals surface area (Å²) in [6.07, 6.45) is 22.5. The molecule has 0 aliphatic rings. The summed E-state index contributed by atoms with van der Waals surface area (Å²) in [7, 11) is 0. The number of imide groups is 1. The van der Waals surface area contributed by atoms with E-state index < -0.39 is 0 Å². The van der Waals surface area contributed by atoms with Crippen LogP contribution in [-0.2, 0) is 9.59 Å². The number of carbonyl (C=O) groups excluding carboxylic acids is 2. The normalized spacial score (nSPS) is 11.1. The standard InChI is InChI=1S/C31H54N2O2/c1-4-6-8-10-12-14-16-18-20-22-30(34)33(29-25-24-27(3)26-28(29)32)31(35)23-21-19-17-15-13-11-9-7-5-2/h24-26H,4-23,32H2,1-3H3. The number of benzene rings is 1. The van der Waals surface area contributed by atoms with Crippen LogP contribution in [0.25, 0.3) is 0 Å². The molecule has 4 heteroatoms. The van der Waals surface area contributed by atoms with Gasteiger partial charge >= 0.3 is 0 Å². The van der Waals surface area contributed by atoms with Gasteiger partial charge in [-0.3, -0.25) is 9.59 Å². The third kappa shape index (κ3) is 14.3. The van der Waals surface area contributed by atoms with Gasteiger partial charge in [0.05, 0.1) is 11.4 Å². The van der Waals surface area contributed by atoms with Gasteiger partial charge in [-0.25, -0.2) is 4.90 Å². The highest BCUT2D eigenvalue weighted by molar-refractivity contribution is 6.16. The summed E-state index contributed by atoms with van der Waals surface area (Å²) < 4.78 is 0. The van der Waals surface area contributed by atoms with Gasteiger partial charge in [0.2, 0.25) is 11.8 Å². The fraction of sp³-hybridized carbons (Fsp3) is 0.742. The number of unbranched alkanes of at least 4 members (excludes halogenated alkanes) is 16. The Hall–Kier alpha value is -1.84. The van der Waals surface area contributed by atoms with Crippen LogP contribution in [0, 0.1) is 6.92 Å². The van der Waals surface area contributed by atoms with Crippen LogP contribution in [0.2, 0.25) is 0 Å². The first-order valence-corrected chi connectivity index (χ1v) is 14.7. The molecule has 1 aromatic carbocycles. The Bertz CT molecular complexity index is 667. The van der Waals surface area contributed by atoms with Crippen LogP contribution in [0.15, 0.2) is 18.2 Å². The Morgan fingerprint density at radius 3 is 1.37 bits per heavy atom. The highest BCUT2D eigenvalue weighted by atomic mass is 16.2. The molecule has 35 heavy (non-hydrogen) atoms. The second-order valence-electron chi connectivity index (χ2n) is 10.3. The highest BCUT2D eigenvalue weighted by Gasteiger charge is 2.24. The van der Waals surface area contributed by atoms with E-state index in [4.69, 9.17) is 5.73 Å². The minimum Gasteiger partial charge on any atom is -0.397 e. The molecule has 0 heterocycles. The van der Waals surface area contributed by atoms with Crippen molar-refractivity contribution in [2.75, 3.05) is 10.6 Å². The Balaban J connectivity index is 2.48. The highest BCUT2D eigenvalue weighted by Crippen LogP contribution is 2.27. The molecule has 0 aliphatic heterocycles. The van der Waals surface area contributed by atoms with Gasteiger partial charge in [-0.05, 0) is 37.5 Å². The van der Waals surface area contributed by atoms with Crippen LogP contribution in [0.3, 0.4) is 0 Å². The first-order valence-electron chi connectivity index (χ1n) is 14.7. The second-order valence-corrected chi connectivity index (χ2v) is 10.3.